The van der Waals surface area contributed by atoms with Crippen LogP contribution in [0.1, 0.15) is 11.6 Å². The maximum Gasteiger partial charge on any atom is 0.260 e. The zero-order valence-corrected chi connectivity index (χ0v) is 11.7. The van der Waals surface area contributed by atoms with Crippen LogP contribution in [-0.2, 0) is 17.1 Å². The van der Waals surface area contributed by atoms with Crippen molar-refractivity contribution < 1.29 is 13.5 Å². The van der Waals surface area contributed by atoms with E-state index in [-0.39, 0.29) is 17.5 Å². The smallest absolute Gasteiger partial charge is 0.260 e. The van der Waals surface area contributed by atoms with E-state index in [1.807, 2.05) is 6.07 Å². The maximum absolute atomic E-state index is 12.3. The van der Waals surface area contributed by atoms with Crippen molar-refractivity contribution in [2.75, 3.05) is 12.3 Å². The number of nitrogens with zero attached hydrogens (tertiary/aromatic N) is 2. The highest BCUT2D eigenvalue weighted by atomic mass is 32.2. The maximum atomic E-state index is 12.3. The highest BCUT2D eigenvalue weighted by Crippen LogP contribution is 2.19. The van der Waals surface area contributed by atoms with Crippen LogP contribution in [0.15, 0.2) is 41.7 Å². The molecular formula is C12H16N4O3S. The number of nitrogens with two attached hydrogens (primary N) is 1. The molecule has 0 radical (unpaired) electrons. The third-order valence-electron chi connectivity index (χ3n) is 2.85. The largest absolute Gasteiger partial charge is 0.394 e. The Hall–Kier alpha value is -1.90. The molecule has 2 rings (SSSR count). The molecule has 1 aromatic carbocycles. The summed E-state index contributed by atoms with van der Waals surface area (Å²) in [4.78, 5) is 3.75. The summed E-state index contributed by atoms with van der Waals surface area (Å²) in [6, 6.07) is 8.07. The number of aromatic nitrogens is 2. The van der Waals surface area contributed by atoms with Gasteiger partial charge in [-0.1, -0.05) is 30.3 Å². The number of nitrogen functional groups attached to an aromatic ring is 1. The molecule has 0 aliphatic heterocycles. The van der Waals surface area contributed by atoms with E-state index in [4.69, 9.17) is 5.73 Å². The van der Waals surface area contributed by atoms with Gasteiger partial charge >= 0.3 is 0 Å². The second-order valence-electron chi connectivity index (χ2n) is 4.31. The molecule has 0 saturated carbocycles. The summed E-state index contributed by atoms with van der Waals surface area (Å²) >= 11 is 0. The van der Waals surface area contributed by atoms with Gasteiger partial charge in [0.15, 0.2) is 10.8 Å². The van der Waals surface area contributed by atoms with Crippen LogP contribution in [0.4, 0.5) is 5.82 Å². The van der Waals surface area contributed by atoms with Crippen LogP contribution in [-0.4, -0.2) is 29.7 Å². The Bertz CT molecular complexity index is 662. The number of rotatable bonds is 5. The van der Waals surface area contributed by atoms with Crippen molar-refractivity contribution in [1.29, 1.82) is 0 Å². The number of anilines is 1. The first-order chi connectivity index (χ1) is 9.45. The van der Waals surface area contributed by atoms with Crippen LogP contribution in [0.3, 0.4) is 0 Å². The summed E-state index contributed by atoms with van der Waals surface area (Å²) in [5.74, 6) is -0.0789. The van der Waals surface area contributed by atoms with Crippen LogP contribution in [0.25, 0.3) is 0 Å². The first kappa shape index (κ1) is 14.5. The average molecular weight is 296 g/mol. The molecule has 0 fully saturated rings. The average Bonchev–Trinajstić information content (AvgIpc) is 2.77. The van der Waals surface area contributed by atoms with Gasteiger partial charge in [0.05, 0.1) is 19.0 Å². The van der Waals surface area contributed by atoms with Gasteiger partial charge in [-0.2, -0.15) is 4.72 Å². The second kappa shape index (κ2) is 5.61. The van der Waals surface area contributed by atoms with E-state index in [0.29, 0.717) is 5.56 Å². The van der Waals surface area contributed by atoms with Gasteiger partial charge in [0.1, 0.15) is 0 Å². The van der Waals surface area contributed by atoms with Crippen LogP contribution in [0.2, 0.25) is 0 Å². The summed E-state index contributed by atoms with van der Waals surface area (Å²) in [5.41, 5.74) is 6.24. The highest BCUT2D eigenvalue weighted by Gasteiger charge is 2.26. The molecule has 0 bridgehead atoms. The lowest BCUT2D eigenvalue weighted by Crippen LogP contribution is -2.32. The fourth-order valence-corrected chi connectivity index (χ4v) is 3.35. The Morgan fingerprint density at radius 3 is 2.55 bits per heavy atom. The number of hydrogen-bond donors (Lipinski definition) is 3. The third kappa shape index (κ3) is 2.82. The fraction of sp³-hybridized carbons (Fsp3) is 0.250. The van der Waals surface area contributed by atoms with Gasteiger partial charge in [0.25, 0.3) is 10.0 Å². The van der Waals surface area contributed by atoms with E-state index in [9.17, 15) is 13.5 Å². The molecule has 1 heterocycles. The normalized spacial score (nSPS) is 13.3. The molecular weight excluding hydrogens is 280 g/mol. The number of aliphatic hydroxyl groups excluding tert-OH is 1. The summed E-state index contributed by atoms with van der Waals surface area (Å²) in [6.07, 6.45) is 1.32. The second-order valence-corrected chi connectivity index (χ2v) is 5.94. The van der Waals surface area contributed by atoms with E-state index < -0.39 is 16.1 Å². The molecule has 1 aromatic heterocycles. The molecule has 0 spiro atoms. The zero-order valence-electron chi connectivity index (χ0n) is 10.9. The standard InChI is InChI=1S/C12H16N4O3S/c1-16-8-14-11(13)12(16)20(18,19)15-10(7-17)9-5-3-2-4-6-9/h2-6,8,10,15,17H,7,13H2,1H3. The quantitative estimate of drug-likeness (QED) is 0.720. The van der Waals surface area contributed by atoms with Crippen molar-refractivity contribution in [1.82, 2.24) is 14.3 Å². The molecule has 7 nitrogen and oxygen atoms in total. The predicted octanol–water partition coefficient (Wildman–Crippen LogP) is 0.0142. The summed E-state index contributed by atoms with van der Waals surface area (Å²) in [7, 11) is -2.34. The van der Waals surface area contributed by atoms with Gasteiger partial charge in [-0.05, 0) is 5.56 Å². The summed E-state index contributed by atoms with van der Waals surface area (Å²) in [5, 5.41) is 9.28. The van der Waals surface area contributed by atoms with Crippen molar-refractivity contribution in [3.05, 3.63) is 42.2 Å². The lowest BCUT2D eigenvalue weighted by atomic mass is 10.1. The molecule has 0 aliphatic carbocycles. The van der Waals surface area contributed by atoms with Crippen molar-refractivity contribution in [3.8, 4) is 0 Å². The molecule has 0 amide bonds. The van der Waals surface area contributed by atoms with E-state index in [0.717, 1.165) is 0 Å². The van der Waals surface area contributed by atoms with Gasteiger partial charge in [-0.25, -0.2) is 13.4 Å². The lowest BCUT2D eigenvalue weighted by Gasteiger charge is -2.17. The minimum Gasteiger partial charge on any atom is -0.394 e. The number of sulfonamides is 1. The molecule has 1 unspecified atom stereocenters. The first-order valence-corrected chi connectivity index (χ1v) is 7.39. The van der Waals surface area contributed by atoms with Gasteiger partial charge in [0, 0.05) is 7.05 Å². The molecule has 4 N–H and O–H groups in total. The van der Waals surface area contributed by atoms with Crippen molar-refractivity contribution in [2.24, 2.45) is 7.05 Å². The Labute approximate surface area is 117 Å². The van der Waals surface area contributed by atoms with Crippen molar-refractivity contribution in [2.45, 2.75) is 11.1 Å². The van der Waals surface area contributed by atoms with Gasteiger partial charge in [0.2, 0.25) is 0 Å². The minimum atomic E-state index is -3.87. The Morgan fingerprint density at radius 1 is 1.40 bits per heavy atom. The molecule has 1 atom stereocenters. The Kier molecular flexibility index (Phi) is 4.07. The fourth-order valence-electron chi connectivity index (χ4n) is 1.90. The third-order valence-corrected chi connectivity index (χ3v) is 4.45. The van der Waals surface area contributed by atoms with Crippen LogP contribution in [0, 0.1) is 0 Å². The zero-order chi connectivity index (χ0) is 14.8. The topological polar surface area (TPSA) is 110 Å². The SMILES string of the molecule is Cn1cnc(N)c1S(=O)(=O)NC(CO)c1ccccc1. The molecule has 8 heteroatoms. The molecule has 108 valence electrons. The molecule has 0 saturated heterocycles. The monoisotopic (exact) mass is 296 g/mol. The number of benzene rings is 1. The number of hydrogen-bond acceptors (Lipinski definition) is 5. The molecule has 2 aromatic rings. The number of aryl methyl sites for hydroxylation is 1. The van der Waals surface area contributed by atoms with Crippen molar-refractivity contribution >= 4 is 15.8 Å². The predicted molar refractivity (Wildman–Crippen MR) is 74.2 cm³/mol. The number of aliphatic hydroxyl groups is 1. The Morgan fingerprint density at radius 2 is 2.05 bits per heavy atom. The van der Waals surface area contributed by atoms with E-state index in [1.54, 1.807) is 24.3 Å². The first-order valence-electron chi connectivity index (χ1n) is 5.90. The van der Waals surface area contributed by atoms with E-state index in [1.165, 1.54) is 17.9 Å². The Balaban J connectivity index is 2.32. The number of nitrogens with one attached hydrogen (secondary N) is 1. The van der Waals surface area contributed by atoms with Crippen LogP contribution in [0.5, 0.6) is 0 Å². The van der Waals surface area contributed by atoms with Gasteiger partial charge < -0.3 is 15.4 Å². The van der Waals surface area contributed by atoms with Gasteiger partial charge in [-0.3, -0.25) is 0 Å². The van der Waals surface area contributed by atoms with Gasteiger partial charge in [-0.15, -0.1) is 0 Å². The minimum absolute atomic E-state index is 0.0789. The van der Waals surface area contributed by atoms with Crippen molar-refractivity contribution in [3.63, 3.8) is 0 Å². The lowest BCUT2D eigenvalue weighted by molar-refractivity contribution is 0.258. The molecule has 20 heavy (non-hydrogen) atoms. The number of imidazole rings is 1. The van der Waals surface area contributed by atoms with Crippen LogP contribution >= 0.6 is 0 Å². The van der Waals surface area contributed by atoms with Crippen LogP contribution < -0.4 is 10.5 Å². The molecule has 0 aliphatic rings. The summed E-state index contributed by atoms with van der Waals surface area (Å²) in [6.45, 7) is -0.360. The van der Waals surface area contributed by atoms with E-state index in [2.05, 4.69) is 9.71 Å². The highest BCUT2D eigenvalue weighted by molar-refractivity contribution is 7.89. The summed E-state index contributed by atoms with van der Waals surface area (Å²) < 4.78 is 28.4. The van der Waals surface area contributed by atoms with E-state index >= 15 is 0 Å².